The number of aliphatic hydroxyl groups is 1. The van der Waals surface area contributed by atoms with Crippen LogP contribution in [0.5, 0.6) is 5.75 Å². The number of hydrogen-bond acceptors (Lipinski definition) is 9. The third-order valence-electron chi connectivity index (χ3n) is 11.4. The number of carbonyl (C=O) groups is 3. The zero-order chi connectivity index (χ0) is 44.3. The molecule has 0 saturated carbocycles. The number of aromatic amines is 1. The van der Waals surface area contributed by atoms with Crippen molar-refractivity contribution in [2.75, 3.05) is 48.8 Å². The van der Waals surface area contributed by atoms with Crippen LogP contribution in [0, 0.1) is 0 Å². The summed E-state index contributed by atoms with van der Waals surface area (Å²) in [6.45, 7) is 4.28. The number of aliphatic hydroxyl groups excluding tert-OH is 1. The minimum absolute atomic E-state index is 0. The number of rotatable bonds is 16. The molecule has 2 heterocycles. The van der Waals surface area contributed by atoms with Crippen molar-refractivity contribution >= 4 is 45.9 Å². The van der Waals surface area contributed by atoms with E-state index in [9.17, 15) is 29.4 Å². The number of phenols is 1. The number of amides is 3. The minimum atomic E-state index is -0.873. The number of nitrogens with zero attached hydrogens (tertiary/aromatic N) is 2. The fourth-order valence-corrected chi connectivity index (χ4v) is 8.02. The topological polar surface area (TPSA) is 176 Å². The third-order valence-corrected chi connectivity index (χ3v) is 11.4. The maximum absolute atomic E-state index is 13.3. The summed E-state index contributed by atoms with van der Waals surface area (Å²) >= 11 is 0. The van der Waals surface area contributed by atoms with E-state index >= 15 is 0 Å². The molecule has 13 nitrogen and oxygen atoms in total. The Balaban J connectivity index is 0.00000680. The number of ether oxygens (including phenoxy) is 1. The molecule has 0 aliphatic carbocycles. The van der Waals surface area contributed by atoms with Gasteiger partial charge in [0.2, 0.25) is 17.4 Å². The average molecular weight is 867 g/mol. The Hall–Kier alpha value is -6.80. The summed E-state index contributed by atoms with van der Waals surface area (Å²) in [5.74, 6) is -0.289. The summed E-state index contributed by atoms with van der Waals surface area (Å²) in [6, 6.07) is 38.7. The lowest BCUT2D eigenvalue weighted by Crippen LogP contribution is -2.40. The van der Waals surface area contributed by atoms with Crippen molar-refractivity contribution in [1.29, 1.82) is 0 Å². The van der Waals surface area contributed by atoms with Gasteiger partial charge in [-0.05, 0) is 84.8 Å². The van der Waals surface area contributed by atoms with Crippen molar-refractivity contribution < 1.29 is 29.3 Å². The molecule has 13 heteroatoms. The van der Waals surface area contributed by atoms with Crippen LogP contribution in [0.4, 0.5) is 21.9 Å². The van der Waals surface area contributed by atoms with E-state index in [-0.39, 0.29) is 61.2 Å². The fraction of sp³-hybridized carbons (Fsp3) is 0.294. The van der Waals surface area contributed by atoms with E-state index in [0.29, 0.717) is 73.3 Å². The number of H-pyrrole nitrogens is 1. The largest absolute Gasteiger partial charge is 0.506 e. The number of para-hydroxylation sites is 1. The number of fused-ring (bicyclic) bond motifs is 1. The normalized spacial score (nSPS) is 13.9. The van der Waals surface area contributed by atoms with E-state index in [2.05, 4.69) is 25.8 Å². The summed E-state index contributed by atoms with van der Waals surface area (Å²) in [5.41, 5.74) is 6.32. The molecule has 0 spiro atoms. The third kappa shape index (κ3) is 12.4. The lowest BCUT2D eigenvalue weighted by Gasteiger charge is -2.31. The van der Waals surface area contributed by atoms with Crippen LogP contribution >= 0.6 is 0 Å². The first-order valence-corrected chi connectivity index (χ1v) is 21.3. The van der Waals surface area contributed by atoms with Gasteiger partial charge < -0.3 is 40.4 Å². The second-order valence-electron chi connectivity index (χ2n) is 16.1. The SMILES string of the molecule is C.CC(Cc1cccc(CC(=O)Nc2cccc(N(C)C(=O)CCN3CCC(OC(=O)Nc4ccccc4-c4ccccc4)CC3)c2)c1)NC[C@H](O)c1ccc(O)c2[nH]c(=O)ccc12. The van der Waals surface area contributed by atoms with Gasteiger partial charge >= 0.3 is 6.09 Å². The number of aromatic hydroxyl groups is 1. The number of carbonyl (C=O) groups excluding carboxylic acids is 3. The van der Waals surface area contributed by atoms with E-state index in [1.807, 2.05) is 97.9 Å². The predicted molar refractivity (Wildman–Crippen MR) is 254 cm³/mol. The Morgan fingerprint density at radius 1 is 0.859 bits per heavy atom. The highest BCUT2D eigenvalue weighted by atomic mass is 16.6. The van der Waals surface area contributed by atoms with Crippen LogP contribution in [0.1, 0.15) is 56.4 Å². The van der Waals surface area contributed by atoms with Gasteiger partial charge in [0.05, 0.1) is 23.7 Å². The quantitative estimate of drug-likeness (QED) is 0.0563. The van der Waals surface area contributed by atoms with Gasteiger partial charge in [-0.1, -0.05) is 92.4 Å². The fourth-order valence-electron chi connectivity index (χ4n) is 8.02. The van der Waals surface area contributed by atoms with Crippen LogP contribution < -0.4 is 26.4 Å². The number of nitrogens with one attached hydrogen (secondary N) is 4. The number of likely N-dealkylation sites (tertiary alicyclic amines) is 1. The maximum Gasteiger partial charge on any atom is 0.411 e. The van der Waals surface area contributed by atoms with Gasteiger partial charge in [0, 0.05) is 74.1 Å². The average Bonchev–Trinajstić information content (AvgIpc) is 3.28. The first-order valence-electron chi connectivity index (χ1n) is 21.3. The molecule has 0 radical (unpaired) electrons. The Labute approximate surface area is 374 Å². The summed E-state index contributed by atoms with van der Waals surface area (Å²) < 4.78 is 5.78. The molecule has 334 valence electrons. The molecule has 1 aliphatic rings. The molecule has 6 aromatic rings. The Bertz CT molecular complexity index is 2590. The van der Waals surface area contributed by atoms with Crippen molar-refractivity contribution in [3.05, 3.63) is 154 Å². The number of piperidine rings is 1. The van der Waals surface area contributed by atoms with E-state index in [4.69, 9.17) is 4.74 Å². The first kappa shape index (κ1) is 46.7. The van der Waals surface area contributed by atoms with E-state index in [0.717, 1.165) is 22.3 Å². The van der Waals surface area contributed by atoms with E-state index < -0.39 is 12.2 Å². The highest BCUT2D eigenvalue weighted by Crippen LogP contribution is 2.30. The van der Waals surface area contributed by atoms with Crippen LogP contribution in [-0.4, -0.2) is 83.4 Å². The van der Waals surface area contributed by atoms with E-state index in [1.165, 1.54) is 12.1 Å². The molecule has 1 unspecified atom stereocenters. The van der Waals surface area contributed by atoms with Crippen LogP contribution in [-0.2, 0) is 27.2 Å². The minimum Gasteiger partial charge on any atom is -0.506 e. The van der Waals surface area contributed by atoms with Gasteiger partial charge in [-0.3, -0.25) is 19.7 Å². The Morgan fingerprint density at radius 3 is 2.39 bits per heavy atom. The highest BCUT2D eigenvalue weighted by Gasteiger charge is 2.24. The Kier molecular flexibility index (Phi) is 16.1. The number of phenolic OH excluding ortho intramolecular Hbond substituents is 1. The monoisotopic (exact) mass is 866 g/mol. The molecule has 64 heavy (non-hydrogen) atoms. The molecule has 1 saturated heterocycles. The van der Waals surface area contributed by atoms with Gasteiger partial charge in [0.25, 0.3) is 0 Å². The van der Waals surface area contributed by atoms with Gasteiger partial charge in [-0.15, -0.1) is 0 Å². The standard InChI is InChI=1S/C50H54N6O7.CH4/c1-33(51-32-45(58)41-18-20-44(57)49-42(41)19-21-46(59)54-49)28-34-10-8-11-35(29-34)30-47(60)52-37-14-9-15-38(31-37)55(2)48(61)24-27-56-25-22-39(23-26-56)63-50(62)53-43-17-7-6-16-40(43)36-12-4-3-5-13-36;/h3-21,29,31,33,39,45,51,57-58H,22-28,30,32H2,1-2H3,(H,52,60)(H,53,62)(H,54,59);1H4/t33?,45-;/m0./s1. The van der Waals surface area contributed by atoms with Gasteiger partial charge in [0.1, 0.15) is 11.9 Å². The lowest BCUT2D eigenvalue weighted by atomic mass is 10.0. The number of aromatic nitrogens is 1. The second kappa shape index (κ2) is 22.0. The second-order valence-corrected chi connectivity index (χ2v) is 16.1. The lowest BCUT2D eigenvalue weighted by molar-refractivity contribution is -0.118. The van der Waals surface area contributed by atoms with Crippen LogP contribution in [0.3, 0.4) is 0 Å². The number of pyridine rings is 1. The molecule has 1 fully saturated rings. The van der Waals surface area contributed by atoms with Crippen molar-refractivity contribution in [3.8, 4) is 16.9 Å². The van der Waals surface area contributed by atoms with Crippen LogP contribution in [0.25, 0.3) is 22.0 Å². The van der Waals surface area contributed by atoms with Gasteiger partial charge in [-0.2, -0.15) is 0 Å². The smallest absolute Gasteiger partial charge is 0.411 e. The van der Waals surface area contributed by atoms with Gasteiger partial charge in [0.15, 0.2) is 0 Å². The van der Waals surface area contributed by atoms with E-state index in [1.54, 1.807) is 36.2 Å². The molecule has 5 aromatic carbocycles. The molecule has 6 N–H and O–H groups in total. The van der Waals surface area contributed by atoms with Crippen LogP contribution in [0.2, 0.25) is 0 Å². The summed E-state index contributed by atoms with van der Waals surface area (Å²) in [6.07, 6.45) is 0.941. The summed E-state index contributed by atoms with van der Waals surface area (Å²) in [4.78, 5) is 57.5. The van der Waals surface area contributed by atoms with Crippen molar-refractivity contribution in [2.45, 2.75) is 64.7 Å². The zero-order valence-electron chi connectivity index (χ0n) is 35.6. The van der Waals surface area contributed by atoms with Crippen molar-refractivity contribution in [1.82, 2.24) is 15.2 Å². The molecule has 1 aliphatic heterocycles. The van der Waals surface area contributed by atoms with Crippen molar-refractivity contribution in [3.63, 3.8) is 0 Å². The summed E-state index contributed by atoms with van der Waals surface area (Å²) in [5, 5.41) is 31.0. The number of benzene rings is 5. The van der Waals surface area contributed by atoms with Crippen molar-refractivity contribution in [2.24, 2.45) is 0 Å². The number of anilines is 3. The molecule has 7 rings (SSSR count). The molecule has 2 atom stereocenters. The van der Waals surface area contributed by atoms with Crippen LogP contribution in [0.15, 0.2) is 132 Å². The predicted octanol–water partition coefficient (Wildman–Crippen LogP) is 8.04. The Morgan fingerprint density at radius 2 is 1.59 bits per heavy atom. The molecular weight excluding hydrogens is 809 g/mol. The molecular formula is C51H58N6O7. The maximum atomic E-state index is 13.3. The molecule has 3 amide bonds. The highest BCUT2D eigenvalue weighted by molar-refractivity contribution is 5.96. The molecule has 1 aromatic heterocycles. The summed E-state index contributed by atoms with van der Waals surface area (Å²) in [7, 11) is 1.73. The zero-order valence-corrected chi connectivity index (χ0v) is 35.6. The van der Waals surface area contributed by atoms with Gasteiger partial charge in [-0.25, -0.2) is 4.79 Å². The number of hydrogen-bond donors (Lipinski definition) is 6. The first-order chi connectivity index (χ1) is 30.5. The molecule has 0 bridgehead atoms.